The Labute approximate surface area is 127 Å². The molecular weight excluding hydrogens is 260 g/mol. The number of rotatable bonds is 2. The van der Waals surface area contributed by atoms with Gasteiger partial charge in [0.05, 0.1) is 0 Å². The molecule has 0 spiro atoms. The summed E-state index contributed by atoms with van der Waals surface area (Å²) >= 11 is 0. The molecule has 2 aliphatic rings. The third-order valence-electron chi connectivity index (χ3n) is 5.00. The van der Waals surface area contributed by atoms with E-state index in [9.17, 15) is 4.79 Å². The summed E-state index contributed by atoms with van der Waals surface area (Å²) in [4.78, 5) is 14.4. The quantitative estimate of drug-likeness (QED) is 0.906. The monoisotopic (exact) mass is 286 g/mol. The molecule has 21 heavy (non-hydrogen) atoms. The Morgan fingerprint density at radius 3 is 2.81 bits per heavy atom. The maximum absolute atomic E-state index is 12.2. The van der Waals surface area contributed by atoms with Crippen molar-refractivity contribution in [3.05, 3.63) is 35.9 Å². The van der Waals surface area contributed by atoms with Crippen LogP contribution in [0.2, 0.25) is 0 Å². The Morgan fingerprint density at radius 2 is 2.05 bits per heavy atom. The Bertz CT molecular complexity index is 473. The molecule has 3 atom stereocenters. The minimum Gasteiger partial charge on any atom is -0.335 e. The van der Waals surface area contributed by atoms with Gasteiger partial charge >= 0.3 is 0 Å². The second-order valence-corrected chi connectivity index (χ2v) is 6.48. The lowest BCUT2D eigenvalue weighted by Gasteiger charge is -2.32. The van der Waals surface area contributed by atoms with Crippen molar-refractivity contribution in [2.45, 2.75) is 63.6 Å². The molecule has 3 nitrogen and oxygen atoms in total. The van der Waals surface area contributed by atoms with Gasteiger partial charge in [-0.3, -0.25) is 4.79 Å². The molecule has 0 saturated carbocycles. The van der Waals surface area contributed by atoms with Crippen molar-refractivity contribution in [1.82, 2.24) is 10.2 Å². The zero-order valence-electron chi connectivity index (χ0n) is 12.9. The molecule has 2 fully saturated rings. The molecule has 2 saturated heterocycles. The number of carbonyl (C=O) groups is 1. The smallest absolute Gasteiger partial charge is 0.220 e. The third-order valence-corrected chi connectivity index (χ3v) is 5.00. The fraction of sp³-hybridized carbons (Fsp3) is 0.611. The van der Waals surface area contributed by atoms with Crippen LogP contribution in [-0.4, -0.2) is 35.5 Å². The summed E-state index contributed by atoms with van der Waals surface area (Å²) in [5, 5.41) is 3.69. The number of hydrogen-bond donors (Lipinski definition) is 1. The van der Waals surface area contributed by atoms with Gasteiger partial charge in [-0.05, 0) is 37.8 Å². The van der Waals surface area contributed by atoms with Crippen LogP contribution in [-0.2, 0) is 11.2 Å². The first kappa shape index (κ1) is 14.6. The lowest BCUT2D eigenvalue weighted by molar-refractivity contribution is -0.132. The molecule has 2 heterocycles. The summed E-state index contributed by atoms with van der Waals surface area (Å²) in [6.45, 7) is 2.84. The van der Waals surface area contributed by atoms with E-state index in [1.807, 2.05) is 0 Å². The molecule has 2 aliphatic heterocycles. The summed E-state index contributed by atoms with van der Waals surface area (Å²) in [7, 11) is 0. The molecule has 1 aromatic carbocycles. The van der Waals surface area contributed by atoms with E-state index in [4.69, 9.17) is 0 Å². The van der Waals surface area contributed by atoms with E-state index < -0.39 is 0 Å². The van der Waals surface area contributed by atoms with Crippen LogP contribution < -0.4 is 5.32 Å². The van der Waals surface area contributed by atoms with Crippen LogP contribution in [0.4, 0.5) is 0 Å². The van der Waals surface area contributed by atoms with E-state index in [2.05, 4.69) is 40.5 Å². The summed E-state index contributed by atoms with van der Waals surface area (Å²) in [5.74, 6) is 0.241. The number of carbonyl (C=O) groups excluding carboxylic acids is 1. The number of nitrogens with zero attached hydrogens (tertiary/aromatic N) is 1. The van der Waals surface area contributed by atoms with Crippen LogP contribution in [0.3, 0.4) is 0 Å². The van der Waals surface area contributed by atoms with Crippen molar-refractivity contribution in [1.29, 1.82) is 0 Å². The molecule has 0 radical (unpaired) electrons. The lowest BCUT2D eigenvalue weighted by atomic mass is 9.98. The molecule has 0 aromatic heterocycles. The minimum absolute atomic E-state index is 0.241. The molecule has 0 aliphatic carbocycles. The van der Waals surface area contributed by atoms with Gasteiger partial charge in [0.1, 0.15) is 0 Å². The van der Waals surface area contributed by atoms with Gasteiger partial charge in [-0.2, -0.15) is 0 Å². The summed E-state index contributed by atoms with van der Waals surface area (Å²) in [5.41, 5.74) is 1.34. The normalized spacial score (nSPS) is 29.6. The van der Waals surface area contributed by atoms with Gasteiger partial charge in [-0.1, -0.05) is 43.2 Å². The van der Waals surface area contributed by atoms with E-state index in [1.54, 1.807) is 6.92 Å². The molecule has 1 aromatic rings. The second kappa shape index (κ2) is 6.61. The van der Waals surface area contributed by atoms with Gasteiger partial charge in [0, 0.05) is 25.0 Å². The van der Waals surface area contributed by atoms with E-state index in [-0.39, 0.29) is 5.91 Å². The Hall–Kier alpha value is -1.35. The molecule has 3 heteroatoms. The van der Waals surface area contributed by atoms with Crippen molar-refractivity contribution >= 4 is 5.91 Å². The van der Waals surface area contributed by atoms with Crippen LogP contribution in [0.1, 0.15) is 44.6 Å². The van der Waals surface area contributed by atoms with Crippen LogP contribution >= 0.6 is 0 Å². The predicted octanol–water partition coefficient (Wildman–Crippen LogP) is 2.75. The first-order valence-corrected chi connectivity index (χ1v) is 8.32. The largest absolute Gasteiger partial charge is 0.335 e. The molecule has 1 amide bonds. The van der Waals surface area contributed by atoms with Crippen molar-refractivity contribution in [2.24, 2.45) is 0 Å². The van der Waals surface area contributed by atoms with Crippen LogP contribution in [0.15, 0.2) is 30.3 Å². The van der Waals surface area contributed by atoms with Crippen molar-refractivity contribution in [3.63, 3.8) is 0 Å². The third kappa shape index (κ3) is 3.29. The van der Waals surface area contributed by atoms with Gasteiger partial charge in [0.15, 0.2) is 0 Å². The maximum Gasteiger partial charge on any atom is 0.220 e. The van der Waals surface area contributed by atoms with E-state index in [0.717, 1.165) is 25.8 Å². The highest BCUT2D eigenvalue weighted by Crippen LogP contribution is 2.31. The predicted molar refractivity (Wildman–Crippen MR) is 85.1 cm³/mol. The van der Waals surface area contributed by atoms with Crippen molar-refractivity contribution < 1.29 is 4.79 Å². The Kier molecular flexibility index (Phi) is 4.59. The van der Waals surface area contributed by atoms with E-state index >= 15 is 0 Å². The zero-order chi connectivity index (χ0) is 14.7. The lowest BCUT2D eigenvalue weighted by Crippen LogP contribution is -2.47. The number of nitrogens with one attached hydrogen (secondary N) is 1. The van der Waals surface area contributed by atoms with Gasteiger partial charge in [-0.25, -0.2) is 0 Å². The number of likely N-dealkylation sites (tertiary alicyclic amines) is 1. The Morgan fingerprint density at radius 1 is 1.24 bits per heavy atom. The molecule has 0 bridgehead atoms. The number of amides is 1. The topological polar surface area (TPSA) is 32.3 Å². The first-order valence-electron chi connectivity index (χ1n) is 8.32. The minimum atomic E-state index is 0.241. The SMILES string of the molecule is CC(=O)N1C(Cc2ccccc2)CC2NCCCCCC21. The number of benzene rings is 1. The molecule has 3 rings (SSSR count). The van der Waals surface area contributed by atoms with Crippen molar-refractivity contribution in [3.8, 4) is 0 Å². The van der Waals surface area contributed by atoms with Gasteiger partial charge in [0.2, 0.25) is 5.91 Å². The molecule has 114 valence electrons. The van der Waals surface area contributed by atoms with Crippen LogP contribution in [0.25, 0.3) is 0 Å². The second-order valence-electron chi connectivity index (χ2n) is 6.48. The highest BCUT2D eigenvalue weighted by Gasteiger charge is 2.41. The fourth-order valence-electron chi connectivity index (χ4n) is 4.09. The zero-order valence-corrected chi connectivity index (χ0v) is 12.9. The average Bonchev–Trinajstić information content (AvgIpc) is 2.77. The molecular formula is C18H26N2O. The van der Waals surface area contributed by atoms with Crippen LogP contribution in [0.5, 0.6) is 0 Å². The highest BCUT2D eigenvalue weighted by atomic mass is 16.2. The van der Waals surface area contributed by atoms with E-state index in [1.165, 1.54) is 24.8 Å². The van der Waals surface area contributed by atoms with Crippen molar-refractivity contribution in [2.75, 3.05) is 6.54 Å². The van der Waals surface area contributed by atoms with E-state index in [0.29, 0.717) is 18.1 Å². The maximum atomic E-state index is 12.2. The summed E-state index contributed by atoms with van der Waals surface area (Å²) in [6.07, 6.45) is 7.04. The summed E-state index contributed by atoms with van der Waals surface area (Å²) < 4.78 is 0. The Balaban J connectivity index is 1.77. The van der Waals surface area contributed by atoms with Gasteiger partial charge < -0.3 is 10.2 Å². The fourth-order valence-corrected chi connectivity index (χ4v) is 4.09. The standard InChI is InChI=1S/C18H26N2O/c1-14(21)20-16(12-15-8-4-2-5-9-15)13-17-18(20)10-6-3-7-11-19-17/h2,4-5,8-9,16-19H,3,6-7,10-13H2,1H3. The first-order chi connectivity index (χ1) is 10.3. The summed E-state index contributed by atoms with van der Waals surface area (Å²) in [6, 6.07) is 11.8. The number of fused-ring (bicyclic) bond motifs is 1. The van der Waals surface area contributed by atoms with Gasteiger partial charge in [0.25, 0.3) is 0 Å². The molecule has 1 N–H and O–H groups in total. The van der Waals surface area contributed by atoms with Gasteiger partial charge in [-0.15, -0.1) is 0 Å². The van der Waals surface area contributed by atoms with Crippen LogP contribution in [0, 0.1) is 0 Å². The average molecular weight is 286 g/mol. The molecule has 3 unspecified atom stereocenters. The number of hydrogen-bond acceptors (Lipinski definition) is 2. The highest BCUT2D eigenvalue weighted by molar-refractivity contribution is 5.74.